The van der Waals surface area contributed by atoms with E-state index in [0.29, 0.717) is 18.7 Å². The van der Waals surface area contributed by atoms with Crippen LogP contribution in [0.15, 0.2) is 69.9 Å². The SMILES string of the molecule is O=C(NC1CCOc2ccc(Br)cc21)c1ccc(=O)n(-c2ccccc2)n1. The molecular formula is C20H16BrN3O3. The molecule has 2 aromatic carbocycles. The molecule has 7 heteroatoms. The summed E-state index contributed by atoms with van der Waals surface area (Å²) in [4.78, 5) is 24.9. The summed E-state index contributed by atoms with van der Waals surface area (Å²) in [5, 5.41) is 7.23. The van der Waals surface area contributed by atoms with Crippen molar-refractivity contribution in [3.05, 3.63) is 86.7 Å². The summed E-state index contributed by atoms with van der Waals surface area (Å²) in [6.45, 7) is 0.524. The lowest BCUT2D eigenvalue weighted by Gasteiger charge is -2.26. The number of rotatable bonds is 3. The highest BCUT2D eigenvalue weighted by atomic mass is 79.9. The first-order valence-corrected chi connectivity index (χ1v) is 9.30. The quantitative estimate of drug-likeness (QED) is 0.698. The summed E-state index contributed by atoms with van der Waals surface area (Å²) in [5.74, 6) is 0.425. The van der Waals surface area contributed by atoms with E-state index in [2.05, 4.69) is 26.3 Å². The van der Waals surface area contributed by atoms with Crippen molar-refractivity contribution in [2.24, 2.45) is 0 Å². The highest BCUT2D eigenvalue weighted by molar-refractivity contribution is 9.10. The van der Waals surface area contributed by atoms with E-state index in [1.807, 2.05) is 36.4 Å². The summed E-state index contributed by atoms with van der Waals surface area (Å²) in [7, 11) is 0. The summed E-state index contributed by atoms with van der Waals surface area (Å²) in [5.41, 5.74) is 1.41. The highest BCUT2D eigenvalue weighted by Crippen LogP contribution is 2.34. The number of halogens is 1. The number of nitrogens with one attached hydrogen (secondary N) is 1. The van der Waals surface area contributed by atoms with Crippen molar-refractivity contribution in [3.63, 3.8) is 0 Å². The summed E-state index contributed by atoms with van der Waals surface area (Å²) in [6.07, 6.45) is 0.660. The Kier molecular flexibility index (Phi) is 4.77. The first-order chi connectivity index (χ1) is 13.1. The maximum atomic E-state index is 12.8. The van der Waals surface area contributed by atoms with Gasteiger partial charge in [0.2, 0.25) is 0 Å². The number of benzene rings is 2. The molecule has 1 unspecified atom stereocenters. The number of nitrogens with zero attached hydrogens (tertiary/aromatic N) is 2. The Morgan fingerprint density at radius 2 is 1.96 bits per heavy atom. The average molecular weight is 426 g/mol. The van der Waals surface area contributed by atoms with Gasteiger partial charge in [-0.2, -0.15) is 9.78 Å². The van der Waals surface area contributed by atoms with Gasteiger partial charge in [-0.05, 0) is 36.4 Å². The predicted molar refractivity (Wildman–Crippen MR) is 104 cm³/mol. The number of para-hydroxylation sites is 1. The van der Waals surface area contributed by atoms with Crippen LogP contribution in [-0.2, 0) is 0 Å². The van der Waals surface area contributed by atoms with Crippen molar-refractivity contribution in [1.82, 2.24) is 15.1 Å². The Morgan fingerprint density at radius 1 is 1.15 bits per heavy atom. The van der Waals surface area contributed by atoms with E-state index in [0.717, 1.165) is 15.8 Å². The number of amides is 1. The van der Waals surface area contributed by atoms with Gasteiger partial charge in [-0.25, -0.2) is 0 Å². The van der Waals surface area contributed by atoms with Gasteiger partial charge >= 0.3 is 0 Å². The molecule has 1 aliphatic heterocycles. The molecule has 3 aromatic rings. The summed E-state index contributed by atoms with van der Waals surface area (Å²) < 4.78 is 7.80. The first-order valence-electron chi connectivity index (χ1n) is 8.51. The predicted octanol–water partition coefficient (Wildman–Crippen LogP) is 3.25. The smallest absolute Gasteiger partial charge is 0.272 e. The van der Waals surface area contributed by atoms with Gasteiger partial charge in [0.1, 0.15) is 11.4 Å². The summed E-state index contributed by atoms with van der Waals surface area (Å²) in [6, 6.07) is 17.3. The standard InChI is InChI=1S/C20H16BrN3O3/c21-13-6-8-18-15(12-13)16(10-11-27-18)22-20(26)17-7-9-19(25)24(23-17)14-4-2-1-3-5-14/h1-9,12,16H,10-11H2,(H,22,26). The normalized spacial score (nSPS) is 15.5. The fraction of sp³-hybridized carbons (Fsp3) is 0.150. The summed E-state index contributed by atoms with van der Waals surface area (Å²) >= 11 is 3.45. The van der Waals surface area contributed by atoms with Gasteiger partial charge in [-0.15, -0.1) is 0 Å². The number of carbonyl (C=O) groups excluding carboxylic acids is 1. The molecule has 1 N–H and O–H groups in total. The van der Waals surface area contributed by atoms with Gasteiger partial charge in [-0.3, -0.25) is 9.59 Å². The second-order valence-corrected chi connectivity index (χ2v) is 7.07. The maximum Gasteiger partial charge on any atom is 0.272 e. The third kappa shape index (κ3) is 3.64. The van der Waals surface area contributed by atoms with Crippen LogP contribution in [0.3, 0.4) is 0 Å². The molecule has 0 aliphatic carbocycles. The Morgan fingerprint density at radius 3 is 2.78 bits per heavy atom. The molecule has 1 aromatic heterocycles. The number of ether oxygens (including phenoxy) is 1. The minimum atomic E-state index is -0.336. The first kappa shape index (κ1) is 17.5. The number of hydrogen-bond acceptors (Lipinski definition) is 4. The third-order valence-electron chi connectivity index (χ3n) is 4.35. The molecule has 0 saturated heterocycles. The molecule has 4 rings (SSSR count). The van der Waals surface area contributed by atoms with E-state index < -0.39 is 0 Å². The fourth-order valence-electron chi connectivity index (χ4n) is 3.03. The minimum Gasteiger partial charge on any atom is -0.493 e. The van der Waals surface area contributed by atoms with Crippen LogP contribution >= 0.6 is 15.9 Å². The Hall–Kier alpha value is -2.93. The molecule has 6 nitrogen and oxygen atoms in total. The second-order valence-electron chi connectivity index (χ2n) is 6.15. The molecule has 0 bridgehead atoms. The van der Waals surface area contributed by atoms with Crippen LogP contribution in [-0.4, -0.2) is 22.3 Å². The highest BCUT2D eigenvalue weighted by Gasteiger charge is 2.24. The van der Waals surface area contributed by atoms with E-state index >= 15 is 0 Å². The van der Waals surface area contributed by atoms with Gasteiger partial charge < -0.3 is 10.1 Å². The second kappa shape index (κ2) is 7.36. The third-order valence-corrected chi connectivity index (χ3v) is 4.84. The maximum absolute atomic E-state index is 12.8. The fourth-order valence-corrected chi connectivity index (χ4v) is 3.41. The number of hydrogen-bond donors (Lipinski definition) is 1. The Bertz CT molecular complexity index is 1050. The molecular weight excluding hydrogens is 410 g/mol. The van der Waals surface area contributed by atoms with Crippen LogP contribution in [0.1, 0.15) is 28.5 Å². The number of carbonyl (C=O) groups is 1. The molecule has 1 amide bonds. The molecule has 27 heavy (non-hydrogen) atoms. The van der Waals surface area contributed by atoms with E-state index in [4.69, 9.17) is 4.74 Å². The van der Waals surface area contributed by atoms with Crippen LogP contribution in [0.5, 0.6) is 5.75 Å². The molecule has 2 heterocycles. The molecule has 0 spiro atoms. The number of fused-ring (bicyclic) bond motifs is 1. The van der Waals surface area contributed by atoms with E-state index in [-0.39, 0.29) is 23.2 Å². The van der Waals surface area contributed by atoms with Crippen molar-refractivity contribution in [3.8, 4) is 11.4 Å². The van der Waals surface area contributed by atoms with Crippen LogP contribution in [0.4, 0.5) is 0 Å². The van der Waals surface area contributed by atoms with Crippen LogP contribution in [0, 0.1) is 0 Å². The van der Waals surface area contributed by atoms with Gasteiger partial charge in [0.05, 0.1) is 18.3 Å². The molecule has 1 atom stereocenters. The van der Waals surface area contributed by atoms with Gasteiger partial charge in [0, 0.05) is 22.5 Å². The van der Waals surface area contributed by atoms with Crippen LogP contribution in [0.2, 0.25) is 0 Å². The van der Waals surface area contributed by atoms with Gasteiger partial charge in [0.15, 0.2) is 0 Å². The minimum absolute atomic E-state index is 0.182. The Balaban J connectivity index is 1.62. The van der Waals surface area contributed by atoms with Crippen LogP contribution in [0.25, 0.3) is 5.69 Å². The molecule has 136 valence electrons. The average Bonchev–Trinajstić information content (AvgIpc) is 2.69. The van der Waals surface area contributed by atoms with Gasteiger partial charge in [-0.1, -0.05) is 34.1 Å². The number of aromatic nitrogens is 2. The molecule has 0 radical (unpaired) electrons. The molecule has 1 aliphatic rings. The molecule has 0 saturated carbocycles. The van der Waals surface area contributed by atoms with Crippen molar-refractivity contribution >= 4 is 21.8 Å². The van der Waals surface area contributed by atoms with Crippen molar-refractivity contribution < 1.29 is 9.53 Å². The monoisotopic (exact) mass is 425 g/mol. The van der Waals surface area contributed by atoms with Crippen LogP contribution < -0.4 is 15.6 Å². The van der Waals surface area contributed by atoms with E-state index in [1.54, 1.807) is 12.1 Å². The van der Waals surface area contributed by atoms with Gasteiger partial charge in [0.25, 0.3) is 11.5 Å². The van der Waals surface area contributed by atoms with E-state index in [9.17, 15) is 9.59 Å². The molecule has 0 fully saturated rings. The van der Waals surface area contributed by atoms with Crippen molar-refractivity contribution in [2.75, 3.05) is 6.61 Å². The lowest BCUT2D eigenvalue weighted by Crippen LogP contribution is -2.34. The largest absolute Gasteiger partial charge is 0.493 e. The van der Waals surface area contributed by atoms with Crippen molar-refractivity contribution in [2.45, 2.75) is 12.5 Å². The van der Waals surface area contributed by atoms with Crippen molar-refractivity contribution in [1.29, 1.82) is 0 Å². The van der Waals surface area contributed by atoms with E-state index in [1.165, 1.54) is 16.8 Å². The zero-order valence-electron chi connectivity index (χ0n) is 14.3. The lowest BCUT2D eigenvalue weighted by atomic mass is 10.0. The zero-order chi connectivity index (χ0) is 18.8. The zero-order valence-corrected chi connectivity index (χ0v) is 15.8. The topological polar surface area (TPSA) is 73.2 Å². The Labute approximate surface area is 163 Å². The lowest BCUT2D eigenvalue weighted by molar-refractivity contribution is 0.0918.